The number of carboxylic acids is 1. The summed E-state index contributed by atoms with van der Waals surface area (Å²) in [5.41, 5.74) is 7.01. The first kappa shape index (κ1) is 17.3. The first-order valence-corrected chi connectivity index (χ1v) is 7.22. The number of hydrogen-bond acceptors (Lipinski definition) is 4. The van der Waals surface area contributed by atoms with Crippen LogP contribution in [0.25, 0.3) is 0 Å². The summed E-state index contributed by atoms with van der Waals surface area (Å²) in [6.07, 6.45) is 1.33. The highest BCUT2D eigenvalue weighted by Gasteiger charge is 2.12. The van der Waals surface area contributed by atoms with Crippen LogP contribution in [0.4, 0.5) is 0 Å². The standard InChI is InChI=1S/C16H25NO4/c1-11(2)10-21-14-8-7-12(9-15(14)20-3)13(17)5-4-6-16(18)19/h7-9,11,13H,4-6,10,17H2,1-3H3,(H,18,19)/t13-/m1/s1. The lowest BCUT2D eigenvalue weighted by atomic mass is 10.0. The van der Waals surface area contributed by atoms with Crippen LogP contribution in [-0.2, 0) is 4.79 Å². The number of methoxy groups -OCH3 is 1. The van der Waals surface area contributed by atoms with Gasteiger partial charge >= 0.3 is 5.97 Å². The molecule has 118 valence electrons. The molecule has 0 spiro atoms. The minimum Gasteiger partial charge on any atom is -0.493 e. The molecule has 0 heterocycles. The molecule has 5 heteroatoms. The van der Waals surface area contributed by atoms with E-state index < -0.39 is 5.97 Å². The van der Waals surface area contributed by atoms with E-state index in [1.807, 2.05) is 18.2 Å². The molecule has 21 heavy (non-hydrogen) atoms. The summed E-state index contributed by atoms with van der Waals surface area (Å²) in [6, 6.07) is 5.43. The second-order valence-electron chi connectivity index (χ2n) is 5.51. The van der Waals surface area contributed by atoms with Crippen molar-refractivity contribution < 1.29 is 19.4 Å². The third kappa shape index (κ3) is 6.04. The highest BCUT2D eigenvalue weighted by molar-refractivity contribution is 5.66. The van der Waals surface area contributed by atoms with Crippen molar-refractivity contribution in [1.29, 1.82) is 0 Å². The number of rotatable bonds is 9. The Kier molecular flexibility index (Phi) is 7.02. The molecule has 0 saturated carbocycles. The van der Waals surface area contributed by atoms with Crippen molar-refractivity contribution in [2.24, 2.45) is 11.7 Å². The second-order valence-corrected chi connectivity index (χ2v) is 5.51. The molecule has 0 bridgehead atoms. The Bertz CT molecular complexity index is 460. The Morgan fingerprint density at radius 1 is 1.33 bits per heavy atom. The van der Waals surface area contributed by atoms with Crippen LogP contribution in [0.2, 0.25) is 0 Å². The zero-order valence-corrected chi connectivity index (χ0v) is 13.0. The maximum absolute atomic E-state index is 10.5. The minimum atomic E-state index is -0.794. The summed E-state index contributed by atoms with van der Waals surface area (Å²) in [4.78, 5) is 10.5. The number of carboxylic acid groups (broad SMARTS) is 1. The highest BCUT2D eigenvalue weighted by Crippen LogP contribution is 2.31. The van der Waals surface area contributed by atoms with Crippen molar-refractivity contribution in [3.8, 4) is 11.5 Å². The van der Waals surface area contributed by atoms with Crippen molar-refractivity contribution in [2.75, 3.05) is 13.7 Å². The number of carbonyl (C=O) groups is 1. The van der Waals surface area contributed by atoms with Gasteiger partial charge in [-0.05, 0) is 36.5 Å². The van der Waals surface area contributed by atoms with Crippen molar-refractivity contribution in [3.05, 3.63) is 23.8 Å². The molecule has 0 aliphatic carbocycles. The molecule has 0 aromatic heterocycles. The average Bonchev–Trinajstić information content (AvgIpc) is 2.44. The van der Waals surface area contributed by atoms with E-state index in [-0.39, 0.29) is 12.5 Å². The zero-order valence-electron chi connectivity index (χ0n) is 13.0. The molecule has 1 aromatic rings. The number of ether oxygens (including phenoxy) is 2. The maximum Gasteiger partial charge on any atom is 0.303 e. The molecule has 1 atom stereocenters. The molecule has 0 amide bonds. The van der Waals surface area contributed by atoms with Gasteiger partial charge in [-0.2, -0.15) is 0 Å². The third-order valence-electron chi connectivity index (χ3n) is 3.09. The summed E-state index contributed by atoms with van der Waals surface area (Å²) < 4.78 is 11.0. The van der Waals surface area contributed by atoms with Crippen LogP contribution in [0.15, 0.2) is 18.2 Å². The van der Waals surface area contributed by atoms with Crippen LogP contribution in [0.1, 0.15) is 44.7 Å². The topological polar surface area (TPSA) is 81.8 Å². The van der Waals surface area contributed by atoms with Gasteiger partial charge in [0.05, 0.1) is 13.7 Å². The molecule has 0 aliphatic heterocycles. The summed E-state index contributed by atoms with van der Waals surface area (Å²) in [5, 5.41) is 8.64. The molecule has 0 radical (unpaired) electrons. The molecule has 3 N–H and O–H groups in total. The predicted molar refractivity (Wildman–Crippen MR) is 81.7 cm³/mol. The van der Waals surface area contributed by atoms with Crippen molar-refractivity contribution >= 4 is 5.97 Å². The smallest absolute Gasteiger partial charge is 0.303 e. The molecule has 1 rings (SSSR count). The lowest BCUT2D eigenvalue weighted by Crippen LogP contribution is -2.12. The predicted octanol–water partition coefficient (Wildman–Crippen LogP) is 2.98. The van der Waals surface area contributed by atoms with Crippen molar-refractivity contribution in [3.63, 3.8) is 0 Å². The van der Waals surface area contributed by atoms with Crippen LogP contribution in [0.5, 0.6) is 11.5 Å². The Morgan fingerprint density at radius 3 is 2.62 bits per heavy atom. The van der Waals surface area contributed by atoms with Gasteiger partial charge in [-0.1, -0.05) is 19.9 Å². The van der Waals surface area contributed by atoms with E-state index in [0.717, 1.165) is 5.56 Å². The fourth-order valence-corrected chi connectivity index (χ4v) is 1.93. The van der Waals surface area contributed by atoms with E-state index in [1.165, 1.54) is 0 Å². The first-order chi connectivity index (χ1) is 9.93. The Labute approximate surface area is 126 Å². The van der Waals surface area contributed by atoms with Gasteiger partial charge in [0.15, 0.2) is 11.5 Å². The summed E-state index contributed by atoms with van der Waals surface area (Å²) in [7, 11) is 1.59. The van der Waals surface area contributed by atoms with E-state index in [0.29, 0.717) is 36.9 Å². The van der Waals surface area contributed by atoms with Gasteiger partial charge in [-0.25, -0.2) is 0 Å². The number of hydrogen-bond donors (Lipinski definition) is 2. The van der Waals surface area contributed by atoms with Gasteiger partial charge in [0.25, 0.3) is 0 Å². The third-order valence-corrected chi connectivity index (χ3v) is 3.09. The SMILES string of the molecule is COc1cc([C@H](N)CCCC(=O)O)ccc1OCC(C)C. The van der Waals surface area contributed by atoms with Gasteiger partial charge in [0, 0.05) is 12.5 Å². The summed E-state index contributed by atoms with van der Waals surface area (Å²) in [6.45, 7) is 4.79. The lowest BCUT2D eigenvalue weighted by Gasteiger charge is -2.16. The van der Waals surface area contributed by atoms with Crippen LogP contribution >= 0.6 is 0 Å². The summed E-state index contributed by atoms with van der Waals surface area (Å²) >= 11 is 0. The van der Waals surface area contributed by atoms with Crippen LogP contribution < -0.4 is 15.2 Å². The second kappa shape index (κ2) is 8.52. The fraction of sp³-hybridized carbons (Fsp3) is 0.562. The normalized spacial score (nSPS) is 12.2. The first-order valence-electron chi connectivity index (χ1n) is 7.22. The fourth-order valence-electron chi connectivity index (χ4n) is 1.93. The number of aliphatic carboxylic acids is 1. The largest absolute Gasteiger partial charge is 0.493 e. The minimum absolute atomic E-state index is 0.139. The molecular weight excluding hydrogens is 270 g/mol. The van der Waals surface area contributed by atoms with Gasteiger partial charge in [-0.15, -0.1) is 0 Å². The monoisotopic (exact) mass is 295 g/mol. The Morgan fingerprint density at radius 2 is 2.05 bits per heavy atom. The molecule has 0 unspecified atom stereocenters. The van der Waals surface area contributed by atoms with Crippen molar-refractivity contribution in [1.82, 2.24) is 0 Å². The molecule has 0 fully saturated rings. The highest BCUT2D eigenvalue weighted by atomic mass is 16.5. The molecular formula is C16H25NO4. The van der Waals surface area contributed by atoms with E-state index >= 15 is 0 Å². The quantitative estimate of drug-likeness (QED) is 0.732. The van der Waals surface area contributed by atoms with Crippen LogP contribution in [0, 0.1) is 5.92 Å². The van der Waals surface area contributed by atoms with Gasteiger partial charge in [-0.3, -0.25) is 4.79 Å². The van der Waals surface area contributed by atoms with Crippen LogP contribution in [0.3, 0.4) is 0 Å². The molecule has 0 saturated heterocycles. The number of nitrogens with two attached hydrogens (primary N) is 1. The number of benzene rings is 1. The van der Waals surface area contributed by atoms with Gasteiger partial charge < -0.3 is 20.3 Å². The Hall–Kier alpha value is -1.75. The maximum atomic E-state index is 10.5. The lowest BCUT2D eigenvalue weighted by molar-refractivity contribution is -0.137. The van der Waals surface area contributed by atoms with Crippen LogP contribution in [-0.4, -0.2) is 24.8 Å². The summed E-state index contributed by atoms with van der Waals surface area (Å²) in [5.74, 6) is 0.999. The van der Waals surface area contributed by atoms with Crippen molar-refractivity contribution in [2.45, 2.75) is 39.2 Å². The zero-order chi connectivity index (χ0) is 15.8. The van der Waals surface area contributed by atoms with Gasteiger partial charge in [0.2, 0.25) is 0 Å². The van der Waals surface area contributed by atoms with E-state index in [1.54, 1.807) is 7.11 Å². The van der Waals surface area contributed by atoms with E-state index in [2.05, 4.69) is 13.8 Å². The van der Waals surface area contributed by atoms with E-state index in [9.17, 15) is 4.79 Å². The van der Waals surface area contributed by atoms with E-state index in [4.69, 9.17) is 20.3 Å². The molecule has 5 nitrogen and oxygen atoms in total. The average molecular weight is 295 g/mol. The molecule has 0 aliphatic rings. The Balaban J connectivity index is 2.69. The van der Waals surface area contributed by atoms with Gasteiger partial charge in [0.1, 0.15) is 0 Å². The molecule has 1 aromatic carbocycles.